The molecule has 0 rings (SSSR count). The van der Waals surface area contributed by atoms with Crippen molar-refractivity contribution in [3.63, 3.8) is 0 Å². The van der Waals surface area contributed by atoms with Gasteiger partial charge in [0.05, 0.1) is 12.1 Å². The van der Waals surface area contributed by atoms with Crippen molar-refractivity contribution in [2.75, 3.05) is 13.6 Å². The van der Waals surface area contributed by atoms with Crippen LogP contribution in [0.15, 0.2) is 0 Å². The number of hydrogen-bond acceptors (Lipinski definition) is 3. The van der Waals surface area contributed by atoms with Crippen LogP contribution in [-0.2, 0) is 9.59 Å². The van der Waals surface area contributed by atoms with Gasteiger partial charge in [0.2, 0.25) is 11.8 Å². The third-order valence-corrected chi connectivity index (χ3v) is 2.43. The van der Waals surface area contributed by atoms with Crippen molar-refractivity contribution in [2.45, 2.75) is 32.2 Å². The molecule has 0 spiro atoms. The van der Waals surface area contributed by atoms with Crippen molar-refractivity contribution in [1.82, 2.24) is 4.90 Å². The molecule has 0 atom stereocenters. The van der Waals surface area contributed by atoms with Crippen LogP contribution in [0.5, 0.6) is 0 Å². The summed E-state index contributed by atoms with van der Waals surface area (Å²) in [6, 6.07) is 0. The Morgan fingerprint density at radius 2 is 1.71 bits per heavy atom. The van der Waals surface area contributed by atoms with Crippen LogP contribution >= 0.6 is 0 Å². The lowest BCUT2D eigenvalue weighted by atomic mass is 9.92. The number of carbonyl (C=O) groups is 2. The van der Waals surface area contributed by atoms with Gasteiger partial charge in [0.1, 0.15) is 0 Å². The third kappa shape index (κ3) is 2.99. The van der Waals surface area contributed by atoms with Gasteiger partial charge in [-0.05, 0) is 12.8 Å². The molecule has 5 nitrogen and oxygen atoms in total. The molecule has 5 heteroatoms. The van der Waals surface area contributed by atoms with E-state index in [1.54, 1.807) is 0 Å². The number of nitrogens with two attached hydrogens (primary N) is 2. The van der Waals surface area contributed by atoms with Crippen molar-refractivity contribution >= 4 is 11.8 Å². The molecular weight excluding hydrogens is 182 g/mol. The zero-order valence-corrected chi connectivity index (χ0v) is 9.04. The van der Waals surface area contributed by atoms with Crippen molar-refractivity contribution in [3.8, 4) is 0 Å². The molecule has 0 aromatic rings. The second kappa shape index (κ2) is 4.95. The van der Waals surface area contributed by atoms with Crippen LogP contribution in [0.25, 0.3) is 0 Å². The van der Waals surface area contributed by atoms with E-state index in [0.717, 1.165) is 0 Å². The zero-order valence-electron chi connectivity index (χ0n) is 9.04. The topological polar surface area (TPSA) is 89.4 Å². The summed E-state index contributed by atoms with van der Waals surface area (Å²) >= 11 is 0. The quantitative estimate of drug-likeness (QED) is 0.625. The lowest BCUT2D eigenvalue weighted by molar-refractivity contribution is -0.138. The van der Waals surface area contributed by atoms with Crippen LogP contribution in [0.1, 0.15) is 26.7 Å². The van der Waals surface area contributed by atoms with Crippen LogP contribution < -0.4 is 11.5 Å². The molecule has 0 aliphatic rings. The highest BCUT2D eigenvalue weighted by molar-refractivity contribution is 5.89. The summed E-state index contributed by atoms with van der Waals surface area (Å²) in [7, 11) is 1.53. The molecule has 82 valence electrons. The van der Waals surface area contributed by atoms with Gasteiger partial charge in [-0.1, -0.05) is 13.8 Å². The number of rotatable bonds is 5. The molecule has 2 amide bonds. The van der Waals surface area contributed by atoms with Gasteiger partial charge >= 0.3 is 0 Å². The van der Waals surface area contributed by atoms with Crippen molar-refractivity contribution in [1.29, 1.82) is 0 Å². The van der Waals surface area contributed by atoms with E-state index in [1.165, 1.54) is 11.9 Å². The molecule has 0 heterocycles. The maximum absolute atomic E-state index is 11.8. The molecule has 0 unspecified atom stereocenters. The zero-order chi connectivity index (χ0) is 11.4. The molecule has 0 aromatic carbocycles. The average molecular weight is 201 g/mol. The first-order chi connectivity index (χ1) is 6.37. The van der Waals surface area contributed by atoms with Gasteiger partial charge in [0.15, 0.2) is 0 Å². The predicted octanol–water partition coefficient (Wildman–Crippen LogP) is -0.552. The summed E-state index contributed by atoms with van der Waals surface area (Å²) in [6.45, 7) is 3.61. The molecular formula is C9H19N3O2. The SMILES string of the molecule is CCC(N)(CC)C(=O)N(C)CC(N)=O. The standard InChI is InChI=1S/C9H19N3O2/c1-4-9(11,5-2)8(14)12(3)6-7(10)13/h4-6,11H2,1-3H3,(H2,10,13). The number of nitrogens with zero attached hydrogens (tertiary/aromatic N) is 1. The van der Waals surface area contributed by atoms with Crippen LogP contribution in [0.2, 0.25) is 0 Å². The van der Waals surface area contributed by atoms with Crippen molar-refractivity contribution < 1.29 is 9.59 Å². The van der Waals surface area contributed by atoms with Crippen LogP contribution in [0, 0.1) is 0 Å². The highest BCUT2D eigenvalue weighted by Crippen LogP contribution is 2.13. The largest absolute Gasteiger partial charge is 0.368 e. The van der Waals surface area contributed by atoms with E-state index in [1.807, 2.05) is 13.8 Å². The number of hydrogen-bond donors (Lipinski definition) is 2. The Morgan fingerprint density at radius 3 is 2.00 bits per heavy atom. The van der Waals surface area contributed by atoms with Gasteiger partial charge in [0, 0.05) is 7.05 Å². The lowest BCUT2D eigenvalue weighted by Crippen LogP contribution is -2.54. The fraction of sp³-hybridized carbons (Fsp3) is 0.778. The first-order valence-corrected chi connectivity index (χ1v) is 4.70. The maximum Gasteiger partial charge on any atom is 0.242 e. The Labute approximate surface area is 84.4 Å². The van der Waals surface area contributed by atoms with E-state index >= 15 is 0 Å². The molecule has 0 radical (unpaired) electrons. The molecule has 4 N–H and O–H groups in total. The van der Waals surface area contributed by atoms with Crippen LogP contribution in [0.4, 0.5) is 0 Å². The van der Waals surface area contributed by atoms with Gasteiger partial charge in [0.25, 0.3) is 0 Å². The number of primary amides is 1. The Bertz CT molecular complexity index is 224. The second-order valence-electron chi connectivity index (χ2n) is 3.49. The van der Waals surface area contributed by atoms with E-state index in [4.69, 9.17) is 11.5 Å². The second-order valence-corrected chi connectivity index (χ2v) is 3.49. The minimum atomic E-state index is -0.871. The normalized spacial score (nSPS) is 11.1. The van der Waals surface area contributed by atoms with Crippen molar-refractivity contribution in [3.05, 3.63) is 0 Å². The van der Waals surface area contributed by atoms with Gasteiger partial charge in [-0.25, -0.2) is 0 Å². The van der Waals surface area contributed by atoms with Gasteiger partial charge in [-0.3, -0.25) is 9.59 Å². The van der Waals surface area contributed by atoms with E-state index in [2.05, 4.69) is 0 Å². The summed E-state index contributed by atoms with van der Waals surface area (Å²) in [5.74, 6) is -0.767. The van der Waals surface area contributed by atoms with Crippen LogP contribution in [-0.4, -0.2) is 35.8 Å². The fourth-order valence-corrected chi connectivity index (χ4v) is 1.24. The van der Waals surface area contributed by atoms with E-state index in [-0.39, 0.29) is 12.5 Å². The van der Waals surface area contributed by atoms with E-state index in [9.17, 15) is 9.59 Å². The van der Waals surface area contributed by atoms with Gasteiger partial charge in [-0.15, -0.1) is 0 Å². The third-order valence-electron chi connectivity index (χ3n) is 2.43. The molecule has 0 aliphatic heterocycles. The smallest absolute Gasteiger partial charge is 0.242 e. The van der Waals surface area contributed by atoms with E-state index in [0.29, 0.717) is 12.8 Å². The summed E-state index contributed by atoms with van der Waals surface area (Å²) in [5, 5.41) is 0. The molecule has 14 heavy (non-hydrogen) atoms. The summed E-state index contributed by atoms with van der Waals surface area (Å²) in [4.78, 5) is 23.6. The first-order valence-electron chi connectivity index (χ1n) is 4.70. The Hall–Kier alpha value is -1.10. The van der Waals surface area contributed by atoms with Crippen molar-refractivity contribution in [2.24, 2.45) is 11.5 Å². The molecule has 0 bridgehead atoms. The minimum Gasteiger partial charge on any atom is -0.368 e. The molecule has 0 aliphatic carbocycles. The minimum absolute atomic E-state index is 0.0855. The lowest BCUT2D eigenvalue weighted by Gasteiger charge is -2.29. The highest BCUT2D eigenvalue weighted by Gasteiger charge is 2.32. The molecule has 0 saturated carbocycles. The first kappa shape index (κ1) is 12.9. The van der Waals surface area contributed by atoms with Crippen LogP contribution in [0.3, 0.4) is 0 Å². The monoisotopic (exact) mass is 201 g/mol. The van der Waals surface area contributed by atoms with E-state index < -0.39 is 11.4 Å². The highest BCUT2D eigenvalue weighted by atomic mass is 16.2. The molecule has 0 aromatic heterocycles. The Balaban J connectivity index is 4.50. The summed E-state index contributed by atoms with van der Waals surface area (Å²) in [6.07, 6.45) is 1.09. The average Bonchev–Trinajstić information content (AvgIpc) is 2.14. The maximum atomic E-state index is 11.8. The number of likely N-dealkylation sites (N-methyl/N-ethyl adjacent to an activating group) is 1. The number of amides is 2. The number of carbonyl (C=O) groups excluding carboxylic acids is 2. The predicted molar refractivity (Wildman–Crippen MR) is 54.3 cm³/mol. The molecule has 0 saturated heterocycles. The fourth-order valence-electron chi connectivity index (χ4n) is 1.24. The Morgan fingerprint density at radius 1 is 1.29 bits per heavy atom. The summed E-state index contributed by atoms with van der Waals surface area (Å²) in [5.41, 5.74) is 9.99. The van der Waals surface area contributed by atoms with Gasteiger partial charge < -0.3 is 16.4 Å². The Kier molecular flexibility index (Phi) is 4.56. The molecule has 0 fully saturated rings. The summed E-state index contributed by atoms with van der Waals surface area (Å²) < 4.78 is 0. The van der Waals surface area contributed by atoms with Gasteiger partial charge in [-0.2, -0.15) is 0 Å².